The zero-order valence-corrected chi connectivity index (χ0v) is 8.28. The minimum absolute atomic E-state index is 0.572. The van der Waals surface area contributed by atoms with E-state index in [0.717, 1.165) is 6.42 Å². The predicted molar refractivity (Wildman–Crippen MR) is 52.6 cm³/mol. The van der Waals surface area contributed by atoms with Gasteiger partial charge in [0.15, 0.2) is 0 Å². The van der Waals surface area contributed by atoms with Crippen LogP contribution in [0, 0.1) is 11.8 Å². The van der Waals surface area contributed by atoms with E-state index in [1.807, 2.05) is 0 Å². The molecule has 0 aromatic carbocycles. The maximum Gasteiger partial charge on any atom is -0.0171 e. The van der Waals surface area contributed by atoms with E-state index in [2.05, 4.69) is 40.9 Å². The van der Waals surface area contributed by atoms with Crippen LogP contribution >= 0.6 is 0 Å². The van der Waals surface area contributed by atoms with Crippen LogP contribution in [-0.2, 0) is 0 Å². The minimum atomic E-state index is 0.572. The normalized spacial score (nSPS) is 13.2. The average molecular weight is 152 g/mol. The fourth-order valence-electron chi connectivity index (χ4n) is 0.951. The highest BCUT2D eigenvalue weighted by atomic mass is 14.2. The third-order valence-electron chi connectivity index (χ3n) is 2.43. The van der Waals surface area contributed by atoms with E-state index in [-0.39, 0.29) is 0 Å². The van der Waals surface area contributed by atoms with E-state index in [1.54, 1.807) is 0 Å². The second-order valence-corrected chi connectivity index (χ2v) is 3.52. The van der Waals surface area contributed by atoms with Crippen LogP contribution in [0.15, 0.2) is 24.3 Å². The lowest BCUT2D eigenvalue weighted by atomic mass is 9.86. The topological polar surface area (TPSA) is 0 Å². The standard InChI is InChI=1S/C11H20/c1-7-9(4)11(6)10(5)8(2)3/h8,10H,4,6-7H2,1-3,5H3. The van der Waals surface area contributed by atoms with Crippen LogP contribution in [0.1, 0.15) is 34.1 Å². The first-order valence-corrected chi connectivity index (χ1v) is 4.37. The molecule has 0 bridgehead atoms. The van der Waals surface area contributed by atoms with Crippen molar-refractivity contribution in [2.45, 2.75) is 34.1 Å². The Morgan fingerprint density at radius 1 is 1.18 bits per heavy atom. The van der Waals surface area contributed by atoms with Crippen molar-refractivity contribution in [2.75, 3.05) is 0 Å². The molecule has 0 nitrogen and oxygen atoms in total. The Bertz CT molecular complexity index is 151. The Morgan fingerprint density at radius 2 is 1.64 bits per heavy atom. The molecule has 0 aliphatic carbocycles. The van der Waals surface area contributed by atoms with Crippen LogP contribution in [0.4, 0.5) is 0 Å². The molecule has 64 valence electrons. The molecule has 1 unspecified atom stereocenters. The Hall–Kier alpha value is -0.520. The maximum absolute atomic E-state index is 4.05. The van der Waals surface area contributed by atoms with Crippen LogP contribution in [-0.4, -0.2) is 0 Å². The van der Waals surface area contributed by atoms with Gasteiger partial charge in [0, 0.05) is 0 Å². The van der Waals surface area contributed by atoms with Crippen LogP contribution in [0.2, 0.25) is 0 Å². The summed E-state index contributed by atoms with van der Waals surface area (Å²) < 4.78 is 0. The van der Waals surface area contributed by atoms with Gasteiger partial charge in [0.25, 0.3) is 0 Å². The van der Waals surface area contributed by atoms with Crippen molar-refractivity contribution >= 4 is 0 Å². The molecule has 0 aliphatic heterocycles. The van der Waals surface area contributed by atoms with E-state index in [9.17, 15) is 0 Å². The molecule has 0 saturated carbocycles. The summed E-state index contributed by atoms with van der Waals surface area (Å²) in [4.78, 5) is 0. The second kappa shape index (κ2) is 4.38. The van der Waals surface area contributed by atoms with Crippen molar-refractivity contribution < 1.29 is 0 Å². The van der Waals surface area contributed by atoms with Crippen LogP contribution in [0.3, 0.4) is 0 Å². The Labute approximate surface area is 71.0 Å². The highest BCUT2D eigenvalue weighted by Gasteiger charge is 2.11. The van der Waals surface area contributed by atoms with Gasteiger partial charge in [-0.15, -0.1) is 0 Å². The third-order valence-corrected chi connectivity index (χ3v) is 2.43. The van der Waals surface area contributed by atoms with Gasteiger partial charge >= 0.3 is 0 Å². The fraction of sp³-hybridized carbons (Fsp3) is 0.636. The van der Waals surface area contributed by atoms with Crippen LogP contribution < -0.4 is 0 Å². The first-order chi connectivity index (χ1) is 5.00. The van der Waals surface area contributed by atoms with E-state index >= 15 is 0 Å². The number of allylic oxidation sites excluding steroid dienone is 2. The molecule has 0 aliphatic rings. The molecule has 0 amide bonds. The zero-order valence-electron chi connectivity index (χ0n) is 8.28. The first kappa shape index (κ1) is 10.5. The molecule has 0 aromatic rings. The van der Waals surface area contributed by atoms with Gasteiger partial charge in [-0.05, 0) is 23.8 Å². The van der Waals surface area contributed by atoms with Crippen molar-refractivity contribution in [2.24, 2.45) is 11.8 Å². The lowest BCUT2D eigenvalue weighted by Gasteiger charge is -2.19. The quantitative estimate of drug-likeness (QED) is 0.537. The molecule has 1 atom stereocenters. The summed E-state index contributed by atoms with van der Waals surface area (Å²) in [6, 6.07) is 0. The maximum atomic E-state index is 4.05. The number of rotatable bonds is 4. The Balaban J connectivity index is 4.14. The lowest BCUT2D eigenvalue weighted by molar-refractivity contribution is 0.484. The van der Waals surface area contributed by atoms with Gasteiger partial charge in [-0.3, -0.25) is 0 Å². The molecular weight excluding hydrogens is 132 g/mol. The average Bonchev–Trinajstić information content (AvgIpc) is 2.00. The van der Waals surface area contributed by atoms with E-state index < -0.39 is 0 Å². The molecule has 0 heteroatoms. The second-order valence-electron chi connectivity index (χ2n) is 3.52. The van der Waals surface area contributed by atoms with Gasteiger partial charge in [0.1, 0.15) is 0 Å². The monoisotopic (exact) mass is 152 g/mol. The third kappa shape index (κ3) is 2.92. The van der Waals surface area contributed by atoms with Crippen molar-refractivity contribution in [1.82, 2.24) is 0 Å². The Kier molecular flexibility index (Phi) is 4.17. The summed E-state index contributed by atoms with van der Waals surface area (Å²) in [5, 5.41) is 0. The molecule has 0 saturated heterocycles. The Morgan fingerprint density at radius 3 is 1.91 bits per heavy atom. The smallest absolute Gasteiger partial charge is 0.0171 e. The molecule has 0 N–H and O–H groups in total. The number of hydrogen-bond acceptors (Lipinski definition) is 0. The summed E-state index contributed by atoms with van der Waals surface area (Å²) in [5.41, 5.74) is 2.42. The van der Waals surface area contributed by atoms with E-state index in [1.165, 1.54) is 11.1 Å². The van der Waals surface area contributed by atoms with Crippen molar-refractivity contribution in [3.63, 3.8) is 0 Å². The summed E-state index contributed by atoms with van der Waals surface area (Å²) in [6.07, 6.45) is 1.02. The summed E-state index contributed by atoms with van der Waals surface area (Å²) >= 11 is 0. The van der Waals surface area contributed by atoms with E-state index in [4.69, 9.17) is 0 Å². The molecule has 0 radical (unpaired) electrons. The van der Waals surface area contributed by atoms with Gasteiger partial charge in [0.2, 0.25) is 0 Å². The predicted octanol–water partition coefficient (Wildman–Crippen LogP) is 3.80. The first-order valence-electron chi connectivity index (χ1n) is 4.37. The fourth-order valence-corrected chi connectivity index (χ4v) is 0.951. The van der Waals surface area contributed by atoms with Crippen molar-refractivity contribution in [3.8, 4) is 0 Å². The summed E-state index contributed by atoms with van der Waals surface area (Å²) in [6.45, 7) is 16.8. The molecule has 0 rings (SSSR count). The van der Waals surface area contributed by atoms with Crippen molar-refractivity contribution in [3.05, 3.63) is 24.3 Å². The van der Waals surface area contributed by atoms with Gasteiger partial charge in [0.05, 0.1) is 0 Å². The largest absolute Gasteiger partial charge is 0.0956 e. The van der Waals surface area contributed by atoms with Crippen molar-refractivity contribution in [1.29, 1.82) is 0 Å². The molecule has 0 heterocycles. The van der Waals surface area contributed by atoms with Gasteiger partial charge in [-0.2, -0.15) is 0 Å². The highest BCUT2D eigenvalue weighted by molar-refractivity contribution is 5.26. The molecule has 0 fully saturated rings. The lowest BCUT2D eigenvalue weighted by Crippen LogP contribution is -2.07. The molecule has 0 aromatic heterocycles. The van der Waals surface area contributed by atoms with E-state index in [0.29, 0.717) is 11.8 Å². The molecular formula is C11H20. The summed E-state index contributed by atoms with van der Waals surface area (Å²) in [7, 11) is 0. The summed E-state index contributed by atoms with van der Waals surface area (Å²) in [5.74, 6) is 1.24. The SMILES string of the molecule is C=C(CC)C(=C)C(C)C(C)C. The van der Waals surface area contributed by atoms with Crippen LogP contribution in [0.25, 0.3) is 0 Å². The van der Waals surface area contributed by atoms with Gasteiger partial charge in [-0.1, -0.05) is 46.4 Å². The van der Waals surface area contributed by atoms with Crippen LogP contribution in [0.5, 0.6) is 0 Å². The van der Waals surface area contributed by atoms with Gasteiger partial charge in [-0.25, -0.2) is 0 Å². The molecule has 11 heavy (non-hydrogen) atoms. The zero-order chi connectivity index (χ0) is 9.02. The molecule has 0 spiro atoms. The minimum Gasteiger partial charge on any atom is -0.0956 e. The number of hydrogen-bond donors (Lipinski definition) is 0. The van der Waals surface area contributed by atoms with Gasteiger partial charge < -0.3 is 0 Å². The highest BCUT2D eigenvalue weighted by Crippen LogP contribution is 2.24.